The molecule has 2 fully saturated rings. The number of nitrogens with zero attached hydrogens (tertiary/aromatic N) is 3. The van der Waals surface area contributed by atoms with Crippen LogP contribution >= 0.6 is 0 Å². The summed E-state index contributed by atoms with van der Waals surface area (Å²) in [4.78, 5) is 103. The maximum atomic E-state index is 14.1. The Hall–Kier alpha value is -7.72. The third-order valence-corrected chi connectivity index (χ3v) is 13.6. The van der Waals surface area contributed by atoms with Crippen molar-refractivity contribution in [1.82, 2.24) is 36.8 Å². The van der Waals surface area contributed by atoms with E-state index in [2.05, 4.69) is 31.9 Å². The molecule has 0 bridgehead atoms. The van der Waals surface area contributed by atoms with Gasteiger partial charge in [0.05, 0.1) is 59.9 Å². The number of ether oxygens (including phenoxy) is 8. The lowest BCUT2D eigenvalue weighted by Crippen LogP contribution is -2.71. The average Bonchev–Trinajstić information content (AvgIpc) is 2.03. The number of rotatable bonds is 22. The Morgan fingerprint density at radius 2 is 1.20 bits per heavy atom. The lowest BCUT2D eigenvalue weighted by atomic mass is 9.72. The number of hydrogen-bond acceptors (Lipinski definition) is 24. The fourth-order valence-corrected chi connectivity index (χ4v) is 9.70. The molecule has 32 heteroatoms. The van der Waals surface area contributed by atoms with Crippen molar-refractivity contribution in [2.75, 3.05) is 39.8 Å². The van der Waals surface area contributed by atoms with Crippen molar-refractivity contribution in [3.63, 3.8) is 0 Å². The van der Waals surface area contributed by atoms with Crippen LogP contribution in [0, 0.1) is 26.1 Å². The second kappa shape index (κ2) is 30.5. The van der Waals surface area contributed by atoms with Crippen LogP contribution in [0.25, 0.3) is 0 Å². The molecule has 32 nitrogen and oxygen atoms in total. The third-order valence-electron chi connectivity index (χ3n) is 13.6. The zero-order chi connectivity index (χ0) is 65.6. The fourth-order valence-electron chi connectivity index (χ4n) is 9.70. The number of nitro groups is 2. The molecule has 1 saturated carbocycles. The second-order valence-corrected chi connectivity index (χ2v) is 24.6. The van der Waals surface area contributed by atoms with Crippen LogP contribution in [0.4, 0.5) is 35.3 Å². The van der Waals surface area contributed by atoms with Gasteiger partial charge in [0.25, 0.3) is 17.3 Å². The van der Waals surface area contributed by atoms with Gasteiger partial charge in [-0.25, -0.2) is 24.0 Å². The molecule has 88 heavy (non-hydrogen) atoms. The predicted molar refractivity (Wildman–Crippen MR) is 306 cm³/mol. The predicted octanol–water partition coefficient (Wildman–Crippen LogP) is 2.38. The molecule has 5 rings (SSSR count). The molecule has 0 radical (unpaired) electrons. The number of likely N-dealkylation sites (N-methyl/N-ethyl adjacent to an activating group) is 1. The molecular formula is C56H83N9O23. The summed E-state index contributed by atoms with van der Waals surface area (Å²) in [5.41, 5.74) is -4.58. The minimum atomic E-state index is -2.03. The highest BCUT2D eigenvalue weighted by Crippen LogP contribution is 2.39. The molecule has 0 spiro atoms. The largest absolute Gasteiger partial charge is 0.491 e. The molecule has 6 amide bonds. The van der Waals surface area contributed by atoms with Crippen LogP contribution in [0.2, 0.25) is 0 Å². The molecule has 2 heterocycles. The summed E-state index contributed by atoms with van der Waals surface area (Å²) >= 11 is 0. The molecule has 13 atom stereocenters. The smallest absolute Gasteiger partial charge is 0.410 e. The molecule has 3 aliphatic rings. The van der Waals surface area contributed by atoms with Gasteiger partial charge in [-0.2, -0.15) is 0 Å². The SMILES string of the molecule is CN(C(=O)OC(C)(C)C)[C@@H]1[C@@H](O)[C@@H](O[C@@H]2[C@@H](O)[C@H](C3OC(CNCC(O)CNC(=O)OC(C)(C)C)=CC[C@H]3NC(=O)OCc3ccc([N+](=O)[O-])cc3)[C@@H](NC(=O)OCc3ccc([N+](=O)[O-])cc3)C[C@H]2NC(=O)[C@@H](O)CNC(=O)OC(C)(C)C)OC[C@]1(C)O. The first-order valence-corrected chi connectivity index (χ1v) is 28.2. The van der Waals surface area contributed by atoms with E-state index in [1.807, 2.05) is 0 Å². The van der Waals surface area contributed by atoms with Crippen LogP contribution in [-0.4, -0.2) is 206 Å². The maximum absolute atomic E-state index is 14.1. The van der Waals surface area contributed by atoms with Gasteiger partial charge < -0.3 is 100 Å². The highest BCUT2D eigenvalue weighted by molar-refractivity contribution is 5.82. The van der Waals surface area contributed by atoms with Gasteiger partial charge in [0.1, 0.15) is 65.8 Å². The summed E-state index contributed by atoms with van der Waals surface area (Å²) in [5.74, 6) is -2.53. The summed E-state index contributed by atoms with van der Waals surface area (Å²) in [6.07, 6.45) is -16.3. The highest BCUT2D eigenvalue weighted by Gasteiger charge is 2.56. The fraction of sp³-hybridized carbons (Fsp3) is 0.643. The van der Waals surface area contributed by atoms with Gasteiger partial charge >= 0.3 is 30.5 Å². The lowest BCUT2D eigenvalue weighted by molar-refractivity contribution is -0.385. The van der Waals surface area contributed by atoms with Crippen molar-refractivity contribution in [1.29, 1.82) is 0 Å². The summed E-state index contributed by atoms with van der Waals surface area (Å²) in [7, 11) is 1.25. The molecule has 0 aromatic heterocycles. The van der Waals surface area contributed by atoms with E-state index in [1.165, 1.54) is 62.5 Å². The van der Waals surface area contributed by atoms with Gasteiger partial charge in [-0.1, -0.05) is 0 Å². The number of aliphatic hydroxyl groups is 5. The minimum Gasteiger partial charge on any atom is -0.491 e. The summed E-state index contributed by atoms with van der Waals surface area (Å²) in [6.45, 7) is 13.2. The van der Waals surface area contributed by atoms with E-state index in [4.69, 9.17) is 37.9 Å². The quantitative estimate of drug-likeness (QED) is 0.0458. The van der Waals surface area contributed by atoms with Crippen LogP contribution in [0.15, 0.2) is 60.4 Å². The average molecular weight is 1250 g/mol. The number of non-ortho nitro benzene ring substituents is 2. The Kier molecular flexibility index (Phi) is 24.6. The molecule has 2 unspecified atom stereocenters. The van der Waals surface area contributed by atoms with Gasteiger partial charge in [0, 0.05) is 56.4 Å². The van der Waals surface area contributed by atoms with Gasteiger partial charge in [0.2, 0.25) is 0 Å². The topological polar surface area (TPSA) is 439 Å². The molecule has 2 aromatic carbocycles. The first-order valence-electron chi connectivity index (χ1n) is 28.2. The van der Waals surface area contributed by atoms with E-state index in [9.17, 15) is 74.5 Å². The van der Waals surface area contributed by atoms with E-state index >= 15 is 0 Å². The molecule has 1 aliphatic carbocycles. The number of nitrogens with one attached hydrogen (secondary N) is 6. The van der Waals surface area contributed by atoms with Crippen molar-refractivity contribution in [3.8, 4) is 0 Å². The van der Waals surface area contributed by atoms with Gasteiger partial charge in [-0.05, 0) is 124 Å². The number of hydrogen-bond donors (Lipinski definition) is 11. The highest BCUT2D eigenvalue weighted by atomic mass is 16.7. The number of benzene rings is 2. The number of carbonyl (C=O) groups excluding carboxylic acids is 6. The maximum Gasteiger partial charge on any atom is 0.410 e. The van der Waals surface area contributed by atoms with E-state index in [0.717, 1.165) is 4.90 Å². The summed E-state index contributed by atoms with van der Waals surface area (Å²) in [5, 5.41) is 97.3. The zero-order valence-electron chi connectivity index (χ0n) is 50.9. The molecule has 490 valence electrons. The van der Waals surface area contributed by atoms with Crippen LogP contribution in [-0.2, 0) is 55.9 Å². The molecule has 2 aliphatic heterocycles. The number of aliphatic hydroxyl groups excluding tert-OH is 4. The summed E-state index contributed by atoms with van der Waals surface area (Å²) < 4.78 is 46.2. The number of carbonyl (C=O) groups is 6. The van der Waals surface area contributed by atoms with E-state index in [1.54, 1.807) is 68.4 Å². The molecule has 11 N–H and O–H groups in total. The Bertz CT molecular complexity index is 2770. The van der Waals surface area contributed by atoms with Crippen molar-refractivity contribution < 1.29 is 102 Å². The van der Waals surface area contributed by atoms with E-state index in [0.29, 0.717) is 11.1 Å². The zero-order valence-corrected chi connectivity index (χ0v) is 50.9. The van der Waals surface area contributed by atoms with Gasteiger partial charge in [-0.3, -0.25) is 25.0 Å². The first-order chi connectivity index (χ1) is 40.9. The normalized spacial score (nSPS) is 25.3. The van der Waals surface area contributed by atoms with E-state index < -0.39 is 168 Å². The number of nitro benzene ring substituents is 2. The van der Waals surface area contributed by atoms with Crippen LogP contribution < -0.4 is 31.9 Å². The van der Waals surface area contributed by atoms with Crippen LogP contribution in [0.3, 0.4) is 0 Å². The number of amides is 6. The number of alkyl carbamates (subject to hydrolysis) is 4. The van der Waals surface area contributed by atoms with Gasteiger partial charge in [-0.15, -0.1) is 0 Å². The van der Waals surface area contributed by atoms with Crippen molar-refractivity contribution in [2.45, 2.75) is 185 Å². The molecule has 1 saturated heterocycles. The Morgan fingerprint density at radius 3 is 1.70 bits per heavy atom. The molecular weight excluding hydrogens is 1170 g/mol. The van der Waals surface area contributed by atoms with Crippen LogP contribution in [0.5, 0.6) is 0 Å². The van der Waals surface area contributed by atoms with Crippen molar-refractivity contribution in [2.24, 2.45) is 5.92 Å². The Balaban J connectivity index is 1.57. The Morgan fingerprint density at radius 1 is 0.705 bits per heavy atom. The second-order valence-electron chi connectivity index (χ2n) is 24.6. The van der Waals surface area contributed by atoms with Crippen molar-refractivity contribution in [3.05, 3.63) is 91.7 Å². The monoisotopic (exact) mass is 1250 g/mol. The Labute approximate surface area is 507 Å². The van der Waals surface area contributed by atoms with Crippen molar-refractivity contribution >= 4 is 47.7 Å². The lowest BCUT2D eigenvalue weighted by Gasteiger charge is -2.52. The van der Waals surface area contributed by atoms with E-state index in [-0.39, 0.29) is 49.8 Å². The summed E-state index contributed by atoms with van der Waals surface area (Å²) in [6, 6.07) is 4.52. The minimum absolute atomic E-state index is 0.0989. The first kappa shape index (κ1) is 71.0. The van der Waals surface area contributed by atoms with Gasteiger partial charge in [0.15, 0.2) is 6.29 Å². The third kappa shape index (κ3) is 21.8. The van der Waals surface area contributed by atoms with Crippen LogP contribution in [0.1, 0.15) is 93.2 Å². The standard InChI is InChI=1S/C56H83N9O23/c1-53(2,3)86-48(71)58-24-34(66)23-57-25-35-20-21-36(61-50(73)81-27-30-12-16-32(17-13-30)64(77)78)43(84-35)40-37(62-51(74)82-28-31-14-18-33(19-15-31)65(79)80)22-38(60-46(70)39(67)26-59-49(72)87-54(4,5)6)44(41(40)68)85-47-42(69)45(56(10,76)29-83-47)63(11)52(75)88-55(7,8)9/h12-20,34,36-45,47,57,66-69,76H,21-29H2,1-11H3,(H,58,71)(H,59,72)(H,60,70)(H,61,73)(H,62,74)/t34?,36-,37+,38-,39+,40-,41+,42-,43?,44+,45-,47-,56+/m1/s1. The molecule has 2 aromatic rings.